The van der Waals surface area contributed by atoms with Crippen molar-refractivity contribution in [2.75, 3.05) is 13.9 Å². The number of halogens is 1. The van der Waals surface area contributed by atoms with E-state index in [1.165, 1.54) is 32.1 Å². The summed E-state index contributed by atoms with van der Waals surface area (Å²) in [5.41, 5.74) is 2.43. The molecule has 7 heteroatoms. The fraction of sp³-hybridized carbons (Fsp3) is 0.476. The van der Waals surface area contributed by atoms with E-state index in [4.69, 9.17) is 21.1 Å². The molecule has 0 saturated heterocycles. The summed E-state index contributed by atoms with van der Waals surface area (Å²) in [5, 5.41) is 15.3. The van der Waals surface area contributed by atoms with Crippen LogP contribution in [0.3, 0.4) is 0 Å². The number of hydrogen-bond acceptors (Lipinski definition) is 5. The Hall–Kier alpha value is -2.18. The van der Waals surface area contributed by atoms with Crippen LogP contribution in [0.5, 0.6) is 5.75 Å². The molecule has 0 radical (unpaired) electrons. The number of fused-ring (bicyclic) bond motifs is 3. The highest BCUT2D eigenvalue weighted by Gasteiger charge is 2.35. The molecule has 0 N–H and O–H groups in total. The van der Waals surface area contributed by atoms with Gasteiger partial charge in [-0.15, -0.1) is 10.2 Å². The first-order chi connectivity index (χ1) is 13.7. The minimum atomic E-state index is 0.144. The molecule has 0 amide bonds. The quantitative estimate of drug-likeness (QED) is 0.573. The SMILES string of the molecule is COCOc1cc(Cl)ccc1-c1cc2cnn([C@H]3CC4CC[C@@H](C4)C3)c2nn1. The van der Waals surface area contributed by atoms with Crippen molar-refractivity contribution < 1.29 is 9.47 Å². The third kappa shape index (κ3) is 3.25. The summed E-state index contributed by atoms with van der Waals surface area (Å²) in [6.07, 6.45) is 8.46. The normalized spacial score (nSPS) is 24.0. The molecule has 0 aliphatic heterocycles. The molecule has 146 valence electrons. The molecule has 0 spiro atoms. The molecule has 5 rings (SSSR count). The molecule has 2 fully saturated rings. The number of hydrogen-bond donors (Lipinski definition) is 0. The minimum Gasteiger partial charge on any atom is -0.467 e. The van der Waals surface area contributed by atoms with E-state index < -0.39 is 0 Å². The fourth-order valence-corrected chi connectivity index (χ4v) is 5.03. The number of ether oxygens (including phenoxy) is 2. The zero-order valence-electron chi connectivity index (χ0n) is 15.8. The molecule has 2 bridgehead atoms. The second kappa shape index (κ2) is 7.33. The van der Waals surface area contributed by atoms with Gasteiger partial charge in [-0.05, 0) is 55.4 Å². The van der Waals surface area contributed by atoms with Crippen LogP contribution >= 0.6 is 11.6 Å². The molecule has 1 unspecified atom stereocenters. The third-order valence-corrected chi connectivity index (χ3v) is 6.33. The molecule has 3 atom stereocenters. The Kier molecular flexibility index (Phi) is 4.69. The van der Waals surface area contributed by atoms with Gasteiger partial charge in [0, 0.05) is 23.1 Å². The predicted molar refractivity (Wildman–Crippen MR) is 107 cm³/mol. The molecular weight excluding hydrogens is 376 g/mol. The molecule has 2 aromatic heterocycles. The van der Waals surface area contributed by atoms with Crippen LogP contribution in [0.15, 0.2) is 30.5 Å². The van der Waals surface area contributed by atoms with Crippen molar-refractivity contribution in [3.63, 3.8) is 0 Å². The first-order valence-electron chi connectivity index (χ1n) is 9.84. The lowest BCUT2D eigenvalue weighted by Gasteiger charge is -2.27. The molecule has 2 aliphatic rings. The van der Waals surface area contributed by atoms with Crippen molar-refractivity contribution in [2.24, 2.45) is 11.8 Å². The van der Waals surface area contributed by atoms with Crippen molar-refractivity contribution in [3.05, 3.63) is 35.5 Å². The van der Waals surface area contributed by atoms with Crippen LogP contribution in [-0.4, -0.2) is 33.9 Å². The summed E-state index contributed by atoms with van der Waals surface area (Å²) in [4.78, 5) is 0. The van der Waals surface area contributed by atoms with Gasteiger partial charge in [0.1, 0.15) is 5.75 Å². The highest BCUT2D eigenvalue weighted by atomic mass is 35.5. The Bertz CT molecular complexity index is 993. The standard InChI is InChI=1S/C21H23ClN4O2/c1-27-12-28-20-10-16(22)4-5-18(20)19-9-15-11-23-26(21(15)25-24-19)17-7-13-2-3-14(6-13)8-17/h4-5,9-11,13-14,17H,2-3,6-8,12H2,1H3/t13-,14?,17+/m0/s1. The lowest BCUT2D eigenvalue weighted by Crippen LogP contribution is -2.20. The van der Waals surface area contributed by atoms with Gasteiger partial charge in [0.15, 0.2) is 12.4 Å². The van der Waals surface area contributed by atoms with Crippen molar-refractivity contribution in [1.29, 1.82) is 0 Å². The highest BCUT2D eigenvalue weighted by molar-refractivity contribution is 6.30. The number of benzene rings is 1. The Labute approximate surface area is 168 Å². The monoisotopic (exact) mass is 398 g/mol. The maximum atomic E-state index is 6.13. The molecule has 2 saturated carbocycles. The number of aromatic nitrogens is 4. The van der Waals surface area contributed by atoms with Gasteiger partial charge in [-0.25, -0.2) is 4.68 Å². The topological polar surface area (TPSA) is 62.1 Å². The van der Waals surface area contributed by atoms with E-state index in [0.717, 1.165) is 34.1 Å². The molecular formula is C21H23ClN4O2. The van der Waals surface area contributed by atoms with E-state index in [-0.39, 0.29) is 6.79 Å². The summed E-state index contributed by atoms with van der Waals surface area (Å²) in [7, 11) is 1.59. The Morgan fingerprint density at radius 1 is 1.11 bits per heavy atom. The summed E-state index contributed by atoms with van der Waals surface area (Å²) in [6.45, 7) is 0.144. The van der Waals surface area contributed by atoms with Crippen LogP contribution in [0.4, 0.5) is 0 Å². The first-order valence-corrected chi connectivity index (χ1v) is 10.2. The molecule has 6 nitrogen and oxygen atoms in total. The summed E-state index contributed by atoms with van der Waals surface area (Å²) < 4.78 is 12.8. The van der Waals surface area contributed by atoms with Gasteiger partial charge >= 0.3 is 0 Å². The van der Waals surface area contributed by atoms with Gasteiger partial charge in [-0.1, -0.05) is 24.4 Å². The molecule has 3 aromatic rings. The Morgan fingerprint density at radius 2 is 1.93 bits per heavy atom. The molecule has 2 aliphatic carbocycles. The molecule has 28 heavy (non-hydrogen) atoms. The fourth-order valence-electron chi connectivity index (χ4n) is 4.87. The minimum absolute atomic E-state index is 0.144. The van der Waals surface area contributed by atoms with Crippen molar-refractivity contribution in [2.45, 2.75) is 38.1 Å². The number of rotatable bonds is 5. The van der Waals surface area contributed by atoms with Crippen LogP contribution in [0.2, 0.25) is 5.02 Å². The average molecular weight is 399 g/mol. The van der Waals surface area contributed by atoms with Crippen molar-refractivity contribution >= 4 is 22.6 Å². The van der Waals surface area contributed by atoms with E-state index in [1.54, 1.807) is 13.2 Å². The molecule has 2 heterocycles. The van der Waals surface area contributed by atoms with Gasteiger partial charge in [0.2, 0.25) is 0 Å². The van der Waals surface area contributed by atoms with E-state index in [9.17, 15) is 0 Å². The maximum Gasteiger partial charge on any atom is 0.188 e. The third-order valence-electron chi connectivity index (χ3n) is 6.10. The van der Waals surface area contributed by atoms with E-state index in [1.807, 2.05) is 24.4 Å². The summed E-state index contributed by atoms with van der Waals surface area (Å²) in [5.74, 6) is 2.33. The van der Waals surface area contributed by atoms with Gasteiger partial charge in [0.05, 0.1) is 17.9 Å². The average Bonchev–Trinajstić information content (AvgIpc) is 3.28. The summed E-state index contributed by atoms with van der Waals surface area (Å²) in [6, 6.07) is 7.95. The Morgan fingerprint density at radius 3 is 2.71 bits per heavy atom. The van der Waals surface area contributed by atoms with Gasteiger partial charge in [-0.3, -0.25) is 0 Å². The second-order valence-electron chi connectivity index (χ2n) is 7.96. The van der Waals surface area contributed by atoms with Gasteiger partial charge < -0.3 is 9.47 Å². The Balaban J connectivity index is 1.48. The van der Waals surface area contributed by atoms with Crippen LogP contribution in [0, 0.1) is 11.8 Å². The zero-order chi connectivity index (χ0) is 19.1. The smallest absolute Gasteiger partial charge is 0.188 e. The highest BCUT2D eigenvalue weighted by Crippen LogP contribution is 2.46. The maximum absolute atomic E-state index is 6.13. The van der Waals surface area contributed by atoms with Crippen LogP contribution < -0.4 is 4.74 Å². The van der Waals surface area contributed by atoms with E-state index in [0.29, 0.717) is 16.8 Å². The second-order valence-corrected chi connectivity index (χ2v) is 8.40. The number of nitrogens with zero attached hydrogens (tertiary/aromatic N) is 4. The first kappa shape index (κ1) is 17.9. The van der Waals surface area contributed by atoms with Crippen molar-refractivity contribution in [3.8, 4) is 17.0 Å². The van der Waals surface area contributed by atoms with Crippen LogP contribution in [0.1, 0.15) is 38.1 Å². The number of methoxy groups -OCH3 is 1. The molecule has 1 aromatic carbocycles. The largest absolute Gasteiger partial charge is 0.467 e. The lowest BCUT2D eigenvalue weighted by atomic mass is 9.85. The van der Waals surface area contributed by atoms with Crippen LogP contribution in [0.25, 0.3) is 22.3 Å². The predicted octanol–water partition coefficient (Wildman–Crippen LogP) is 4.88. The van der Waals surface area contributed by atoms with Gasteiger partial charge in [0.25, 0.3) is 0 Å². The van der Waals surface area contributed by atoms with E-state index in [2.05, 4.69) is 20.0 Å². The van der Waals surface area contributed by atoms with Gasteiger partial charge in [-0.2, -0.15) is 5.10 Å². The van der Waals surface area contributed by atoms with Crippen molar-refractivity contribution in [1.82, 2.24) is 20.0 Å². The van der Waals surface area contributed by atoms with Crippen LogP contribution in [-0.2, 0) is 4.74 Å². The zero-order valence-corrected chi connectivity index (χ0v) is 16.6. The van der Waals surface area contributed by atoms with E-state index >= 15 is 0 Å². The lowest BCUT2D eigenvalue weighted by molar-refractivity contribution is 0.0515. The summed E-state index contributed by atoms with van der Waals surface area (Å²) >= 11 is 6.13.